The van der Waals surface area contributed by atoms with Gasteiger partial charge < -0.3 is 15.4 Å². The van der Waals surface area contributed by atoms with E-state index >= 15 is 0 Å². The van der Waals surface area contributed by atoms with Crippen LogP contribution in [0.1, 0.15) is 5.56 Å². The number of nitro groups is 1. The Morgan fingerprint density at radius 3 is 2.11 bits per heavy atom. The number of nitro benzene ring substituents is 1. The summed E-state index contributed by atoms with van der Waals surface area (Å²) >= 11 is 0. The maximum absolute atomic E-state index is 12.1. The van der Waals surface area contributed by atoms with Gasteiger partial charge in [0.15, 0.2) is 0 Å². The van der Waals surface area contributed by atoms with Gasteiger partial charge in [0.05, 0.1) is 25.1 Å². The number of amides is 2. The van der Waals surface area contributed by atoms with Crippen LogP contribution in [0.5, 0.6) is 5.75 Å². The third kappa shape index (κ3) is 6.06. The van der Waals surface area contributed by atoms with Crippen LogP contribution in [0, 0.1) is 17.0 Å². The summed E-state index contributed by atoms with van der Waals surface area (Å²) in [5.41, 5.74) is 1.40. The van der Waals surface area contributed by atoms with Crippen molar-refractivity contribution >= 4 is 28.9 Å². The Kier molecular flexibility index (Phi) is 7.05. The van der Waals surface area contributed by atoms with E-state index in [1.165, 1.54) is 11.0 Å². The maximum Gasteiger partial charge on any atom is 0.274 e. The van der Waals surface area contributed by atoms with E-state index < -0.39 is 4.92 Å². The van der Waals surface area contributed by atoms with Gasteiger partial charge in [0.25, 0.3) is 5.69 Å². The molecule has 2 rings (SSSR count). The Labute approximate surface area is 162 Å². The average molecular weight is 386 g/mol. The van der Waals surface area contributed by atoms with E-state index in [0.29, 0.717) is 22.7 Å². The molecule has 9 heteroatoms. The van der Waals surface area contributed by atoms with E-state index in [9.17, 15) is 19.7 Å². The van der Waals surface area contributed by atoms with Crippen LogP contribution in [0.2, 0.25) is 0 Å². The molecule has 2 N–H and O–H groups in total. The monoisotopic (exact) mass is 386 g/mol. The molecule has 0 unspecified atom stereocenters. The number of nitrogens with zero attached hydrogens (tertiary/aromatic N) is 2. The van der Waals surface area contributed by atoms with Gasteiger partial charge >= 0.3 is 0 Å². The summed E-state index contributed by atoms with van der Waals surface area (Å²) in [5.74, 6) is 0.0347. The van der Waals surface area contributed by atoms with Crippen LogP contribution in [0.4, 0.5) is 17.1 Å². The molecule has 9 nitrogen and oxygen atoms in total. The van der Waals surface area contributed by atoms with E-state index in [-0.39, 0.29) is 30.6 Å². The maximum atomic E-state index is 12.1. The van der Waals surface area contributed by atoms with Gasteiger partial charge in [0.2, 0.25) is 11.8 Å². The number of rotatable bonds is 8. The molecule has 0 aromatic heterocycles. The number of benzene rings is 2. The molecule has 0 radical (unpaired) electrons. The van der Waals surface area contributed by atoms with Gasteiger partial charge in [-0.25, -0.2) is 0 Å². The SMILES string of the molecule is COc1ccc(NC(=O)CN(C)CC(=O)Nc2ccc(C)c([N+](=O)[O-])c2)cc1. The summed E-state index contributed by atoms with van der Waals surface area (Å²) in [6.07, 6.45) is 0. The topological polar surface area (TPSA) is 114 Å². The molecule has 0 spiro atoms. The van der Waals surface area contributed by atoms with Crippen molar-refractivity contribution < 1.29 is 19.2 Å². The van der Waals surface area contributed by atoms with Crippen LogP contribution in [0.3, 0.4) is 0 Å². The van der Waals surface area contributed by atoms with Crippen LogP contribution >= 0.6 is 0 Å². The summed E-state index contributed by atoms with van der Waals surface area (Å²) in [6.45, 7) is 1.59. The number of hydrogen-bond donors (Lipinski definition) is 2. The van der Waals surface area contributed by atoms with Gasteiger partial charge in [-0.05, 0) is 44.3 Å². The fourth-order valence-corrected chi connectivity index (χ4v) is 2.51. The van der Waals surface area contributed by atoms with E-state index in [4.69, 9.17) is 4.74 Å². The molecular weight excluding hydrogens is 364 g/mol. The lowest BCUT2D eigenvalue weighted by Gasteiger charge is -2.16. The molecule has 0 saturated carbocycles. The van der Waals surface area contributed by atoms with Crippen molar-refractivity contribution in [3.05, 3.63) is 58.1 Å². The highest BCUT2D eigenvalue weighted by atomic mass is 16.6. The van der Waals surface area contributed by atoms with Gasteiger partial charge in [0.1, 0.15) is 5.75 Å². The van der Waals surface area contributed by atoms with Gasteiger partial charge in [-0.3, -0.25) is 24.6 Å². The standard InChI is InChI=1S/C19H22N4O5/c1-13-4-5-15(10-17(13)23(26)27)21-19(25)12-22(2)11-18(24)20-14-6-8-16(28-3)9-7-14/h4-10H,11-12H2,1-3H3,(H,20,24)(H,21,25). The first-order chi connectivity index (χ1) is 13.3. The lowest BCUT2D eigenvalue weighted by Crippen LogP contribution is -2.36. The number of ether oxygens (including phenoxy) is 1. The fourth-order valence-electron chi connectivity index (χ4n) is 2.51. The van der Waals surface area contributed by atoms with Crippen molar-refractivity contribution in [1.29, 1.82) is 0 Å². The number of carbonyl (C=O) groups is 2. The lowest BCUT2D eigenvalue weighted by molar-refractivity contribution is -0.385. The normalized spacial score (nSPS) is 10.4. The van der Waals surface area contributed by atoms with Crippen molar-refractivity contribution in [1.82, 2.24) is 4.90 Å². The Hall–Kier alpha value is -3.46. The zero-order valence-corrected chi connectivity index (χ0v) is 15.9. The van der Waals surface area contributed by atoms with Crippen molar-refractivity contribution in [2.45, 2.75) is 6.92 Å². The number of likely N-dealkylation sites (N-methyl/N-ethyl adjacent to an activating group) is 1. The Morgan fingerprint density at radius 2 is 1.57 bits per heavy atom. The molecule has 0 bridgehead atoms. The first kappa shape index (κ1) is 20.8. The summed E-state index contributed by atoms with van der Waals surface area (Å²) in [4.78, 5) is 36.2. The van der Waals surface area contributed by atoms with Crippen molar-refractivity contribution in [3.8, 4) is 5.75 Å². The molecule has 0 fully saturated rings. The molecule has 0 aliphatic carbocycles. The minimum Gasteiger partial charge on any atom is -0.497 e. The second-order valence-electron chi connectivity index (χ2n) is 6.26. The molecule has 148 valence electrons. The first-order valence-corrected chi connectivity index (χ1v) is 8.46. The Morgan fingerprint density at radius 1 is 1.04 bits per heavy atom. The zero-order valence-electron chi connectivity index (χ0n) is 15.9. The Balaban J connectivity index is 1.85. The minimum atomic E-state index is -0.499. The van der Waals surface area contributed by atoms with Crippen molar-refractivity contribution in [2.24, 2.45) is 0 Å². The predicted molar refractivity (Wildman–Crippen MR) is 106 cm³/mol. The summed E-state index contributed by atoms with van der Waals surface area (Å²) in [6, 6.07) is 11.4. The number of anilines is 2. The van der Waals surface area contributed by atoms with Gasteiger partial charge in [-0.15, -0.1) is 0 Å². The number of hydrogen-bond acceptors (Lipinski definition) is 6. The minimum absolute atomic E-state index is 0.00744. The molecule has 2 amide bonds. The predicted octanol–water partition coefficient (Wildman–Crippen LogP) is 2.42. The average Bonchev–Trinajstić information content (AvgIpc) is 2.63. The largest absolute Gasteiger partial charge is 0.497 e. The van der Waals surface area contributed by atoms with E-state index in [2.05, 4.69) is 10.6 Å². The second-order valence-corrected chi connectivity index (χ2v) is 6.26. The number of methoxy groups -OCH3 is 1. The second kappa shape index (κ2) is 9.47. The van der Waals surface area contributed by atoms with Crippen LogP contribution < -0.4 is 15.4 Å². The van der Waals surface area contributed by atoms with Gasteiger partial charge in [0, 0.05) is 23.0 Å². The van der Waals surface area contributed by atoms with Crippen molar-refractivity contribution in [2.75, 3.05) is 37.9 Å². The molecule has 2 aromatic carbocycles. The quantitative estimate of drug-likeness (QED) is 0.532. The summed E-state index contributed by atoms with van der Waals surface area (Å²) < 4.78 is 5.06. The molecule has 0 heterocycles. The van der Waals surface area contributed by atoms with Crippen LogP contribution in [-0.2, 0) is 9.59 Å². The molecular formula is C19H22N4O5. The van der Waals surface area contributed by atoms with E-state index in [1.54, 1.807) is 57.5 Å². The van der Waals surface area contributed by atoms with Gasteiger partial charge in [-0.2, -0.15) is 0 Å². The highest BCUT2D eigenvalue weighted by Crippen LogP contribution is 2.22. The zero-order chi connectivity index (χ0) is 20.7. The molecule has 0 aliphatic heterocycles. The smallest absolute Gasteiger partial charge is 0.274 e. The van der Waals surface area contributed by atoms with E-state index in [0.717, 1.165) is 0 Å². The highest BCUT2D eigenvalue weighted by molar-refractivity contribution is 5.94. The van der Waals surface area contributed by atoms with Crippen LogP contribution in [-0.4, -0.2) is 48.9 Å². The lowest BCUT2D eigenvalue weighted by atomic mass is 10.2. The van der Waals surface area contributed by atoms with E-state index in [1.807, 2.05) is 0 Å². The van der Waals surface area contributed by atoms with Gasteiger partial charge in [-0.1, -0.05) is 6.07 Å². The third-order valence-electron chi connectivity index (χ3n) is 3.89. The summed E-state index contributed by atoms with van der Waals surface area (Å²) in [5, 5.41) is 16.3. The number of carbonyl (C=O) groups excluding carboxylic acids is 2. The van der Waals surface area contributed by atoms with Crippen LogP contribution in [0.15, 0.2) is 42.5 Å². The molecule has 0 saturated heterocycles. The fraction of sp³-hybridized carbons (Fsp3) is 0.263. The molecule has 28 heavy (non-hydrogen) atoms. The molecule has 2 aromatic rings. The van der Waals surface area contributed by atoms with Crippen LogP contribution in [0.25, 0.3) is 0 Å². The highest BCUT2D eigenvalue weighted by Gasteiger charge is 2.14. The third-order valence-corrected chi connectivity index (χ3v) is 3.89. The molecule has 0 atom stereocenters. The first-order valence-electron chi connectivity index (χ1n) is 8.46. The Bertz CT molecular complexity index is 867. The number of nitrogens with one attached hydrogen (secondary N) is 2. The summed E-state index contributed by atoms with van der Waals surface area (Å²) in [7, 11) is 3.19. The number of aryl methyl sites for hydroxylation is 1. The van der Waals surface area contributed by atoms with Crippen molar-refractivity contribution in [3.63, 3.8) is 0 Å². The molecule has 0 aliphatic rings.